The SMILES string of the molecule is C[Si]1(C)C([CH]([Zr+2])CCCC2C=Cc3ccccc32)C1C1C=Cc2ccccc21.[Cl-].[Cl-]. The number of hydrogen-bond acceptors (Lipinski definition) is 0. The molecule has 30 heavy (non-hydrogen) atoms. The van der Waals surface area contributed by atoms with E-state index in [-0.39, 0.29) is 24.8 Å². The molecule has 0 bridgehead atoms. The Bertz CT molecular complexity index is 952. The molecule has 0 aromatic heterocycles. The van der Waals surface area contributed by atoms with Crippen LogP contribution >= 0.6 is 0 Å². The van der Waals surface area contributed by atoms with Crippen molar-refractivity contribution in [3.05, 3.63) is 82.9 Å². The zero-order valence-electron chi connectivity index (χ0n) is 17.7. The van der Waals surface area contributed by atoms with Crippen LogP contribution in [-0.2, 0) is 24.7 Å². The minimum absolute atomic E-state index is 0. The van der Waals surface area contributed by atoms with E-state index in [1.807, 2.05) is 0 Å². The van der Waals surface area contributed by atoms with Crippen LogP contribution in [0.3, 0.4) is 0 Å². The Labute approximate surface area is 210 Å². The van der Waals surface area contributed by atoms with Crippen LogP contribution < -0.4 is 24.8 Å². The van der Waals surface area contributed by atoms with Crippen LogP contribution in [0, 0.1) is 0 Å². The van der Waals surface area contributed by atoms with E-state index in [1.165, 1.54) is 30.4 Å². The van der Waals surface area contributed by atoms with Gasteiger partial charge >= 0.3 is 187 Å². The summed E-state index contributed by atoms with van der Waals surface area (Å²) in [5, 5.41) is 0. The van der Waals surface area contributed by atoms with Crippen molar-refractivity contribution in [3.8, 4) is 0 Å². The number of hydrogen-bond donors (Lipinski definition) is 0. The first-order valence-electron chi connectivity index (χ1n) is 10.8. The summed E-state index contributed by atoms with van der Waals surface area (Å²) in [6.45, 7) is 5.31. The Balaban J connectivity index is 0.00000128. The minimum atomic E-state index is -1.10. The van der Waals surface area contributed by atoms with Crippen molar-refractivity contribution in [2.75, 3.05) is 0 Å². The van der Waals surface area contributed by atoms with Crippen LogP contribution in [0.5, 0.6) is 0 Å². The van der Waals surface area contributed by atoms with Gasteiger partial charge in [0.05, 0.1) is 0 Å². The normalized spacial score (nSPS) is 27.6. The Morgan fingerprint density at radius 2 is 1.47 bits per heavy atom. The van der Waals surface area contributed by atoms with E-state index >= 15 is 0 Å². The average molecular weight is 532 g/mol. The summed E-state index contributed by atoms with van der Waals surface area (Å²) in [6.07, 6.45) is 13.8. The molecule has 0 N–H and O–H groups in total. The number of fused-ring (bicyclic) bond motifs is 2. The summed E-state index contributed by atoms with van der Waals surface area (Å²) >= 11 is 1.78. The van der Waals surface area contributed by atoms with Crippen LogP contribution in [0.15, 0.2) is 60.7 Å². The monoisotopic (exact) mass is 529 g/mol. The Morgan fingerprint density at radius 3 is 2.20 bits per heavy atom. The first kappa shape index (κ1) is 24.2. The fourth-order valence-corrected chi connectivity index (χ4v) is 16.0. The molecule has 3 aliphatic rings. The molecule has 2 aromatic rings. The molecule has 0 amide bonds. The Hall–Kier alpha value is -0.400. The fourth-order valence-electron chi connectivity index (χ4n) is 6.08. The molecule has 0 spiro atoms. The summed E-state index contributed by atoms with van der Waals surface area (Å²) in [5.41, 5.74) is 8.05. The van der Waals surface area contributed by atoms with Crippen LogP contribution in [0.25, 0.3) is 12.2 Å². The molecule has 1 aliphatic heterocycles. The van der Waals surface area contributed by atoms with Gasteiger partial charge in [-0.15, -0.1) is 0 Å². The molecular formula is C26H29Cl2SiZr. The number of rotatable bonds is 6. The Morgan fingerprint density at radius 1 is 0.867 bits per heavy atom. The van der Waals surface area contributed by atoms with Gasteiger partial charge in [0.25, 0.3) is 0 Å². The van der Waals surface area contributed by atoms with Crippen LogP contribution in [0.4, 0.5) is 0 Å². The molecule has 1 heterocycles. The van der Waals surface area contributed by atoms with E-state index in [0.29, 0.717) is 11.8 Å². The molecule has 5 unspecified atom stereocenters. The zero-order chi connectivity index (χ0) is 19.3. The van der Waals surface area contributed by atoms with Gasteiger partial charge < -0.3 is 24.8 Å². The van der Waals surface area contributed by atoms with Crippen molar-refractivity contribution in [2.24, 2.45) is 0 Å². The second kappa shape index (κ2) is 9.62. The zero-order valence-corrected chi connectivity index (χ0v) is 22.7. The largest absolute Gasteiger partial charge is 1.00 e. The van der Waals surface area contributed by atoms with E-state index in [2.05, 4.69) is 85.9 Å². The molecule has 1 fully saturated rings. The van der Waals surface area contributed by atoms with Crippen molar-refractivity contribution in [2.45, 2.75) is 58.9 Å². The number of halogens is 2. The standard InChI is InChI=1S/C26H29Si.2ClH.Zr/c1-27(2)25(26(27)24-18-17-21-11-4-7-13-23(21)24)14-8-5-10-20-16-15-19-9-3-6-12-22(19)20;;;/h3-4,6-7,9,11-18,20,24-26H,5,8,10H2,1-2H3;2*1H;/q;;;+2/p-2. The predicted octanol–water partition coefficient (Wildman–Crippen LogP) is 1.58. The predicted molar refractivity (Wildman–Crippen MR) is 119 cm³/mol. The smallest absolute Gasteiger partial charge is 1.00 e. The topological polar surface area (TPSA) is 0 Å². The minimum Gasteiger partial charge on any atom is -1.00 e. The molecule has 0 nitrogen and oxygen atoms in total. The van der Waals surface area contributed by atoms with Gasteiger partial charge in [-0.1, -0.05) is 0 Å². The second-order valence-corrected chi connectivity index (χ2v) is 16.3. The van der Waals surface area contributed by atoms with Crippen molar-refractivity contribution in [1.29, 1.82) is 0 Å². The van der Waals surface area contributed by atoms with Crippen LogP contribution in [0.2, 0.25) is 27.8 Å². The molecule has 1 saturated heterocycles. The second-order valence-electron chi connectivity index (χ2n) is 9.52. The molecule has 0 radical (unpaired) electrons. The van der Waals surface area contributed by atoms with Crippen molar-refractivity contribution in [3.63, 3.8) is 0 Å². The van der Waals surface area contributed by atoms with Crippen molar-refractivity contribution >= 4 is 20.2 Å². The summed E-state index contributed by atoms with van der Waals surface area (Å²) < 4.78 is 0.959. The Kier molecular flexibility index (Phi) is 7.77. The van der Waals surface area contributed by atoms with E-state index in [4.69, 9.17) is 0 Å². The van der Waals surface area contributed by atoms with E-state index in [0.717, 1.165) is 14.7 Å². The van der Waals surface area contributed by atoms with Gasteiger partial charge in [-0.2, -0.15) is 0 Å². The summed E-state index contributed by atoms with van der Waals surface area (Å²) in [4.78, 5) is 0. The maximum Gasteiger partial charge on any atom is -1.00 e. The summed E-state index contributed by atoms with van der Waals surface area (Å²) in [7, 11) is -1.10. The van der Waals surface area contributed by atoms with Crippen molar-refractivity contribution in [1.82, 2.24) is 0 Å². The molecule has 5 rings (SSSR count). The molecule has 4 heteroatoms. The van der Waals surface area contributed by atoms with Crippen LogP contribution in [-0.4, -0.2) is 8.07 Å². The first-order valence-corrected chi connectivity index (χ1v) is 15.4. The third-order valence-electron chi connectivity index (χ3n) is 7.59. The van der Waals surface area contributed by atoms with Crippen molar-refractivity contribution < 1.29 is 49.5 Å². The van der Waals surface area contributed by atoms with Gasteiger partial charge in [0.1, 0.15) is 0 Å². The van der Waals surface area contributed by atoms with Gasteiger partial charge in [0, 0.05) is 0 Å². The van der Waals surface area contributed by atoms with E-state index in [9.17, 15) is 0 Å². The fraction of sp³-hybridized carbons (Fsp3) is 0.385. The maximum atomic E-state index is 2.66. The average Bonchev–Trinajstić information content (AvgIpc) is 3.05. The van der Waals surface area contributed by atoms with E-state index in [1.54, 1.807) is 35.8 Å². The third kappa shape index (κ3) is 4.27. The van der Waals surface area contributed by atoms with Crippen LogP contribution in [0.1, 0.15) is 53.4 Å². The maximum absolute atomic E-state index is 2.66. The number of benzene rings is 2. The molecule has 0 saturated carbocycles. The van der Waals surface area contributed by atoms with Gasteiger partial charge in [0.2, 0.25) is 0 Å². The van der Waals surface area contributed by atoms with Gasteiger partial charge in [-0.25, -0.2) is 0 Å². The molecule has 2 aliphatic carbocycles. The molecule has 5 atom stereocenters. The molecule has 155 valence electrons. The van der Waals surface area contributed by atoms with Gasteiger partial charge in [-0.05, 0) is 0 Å². The van der Waals surface area contributed by atoms with Gasteiger partial charge in [-0.3, -0.25) is 0 Å². The molecular weight excluding hydrogens is 503 g/mol. The van der Waals surface area contributed by atoms with Gasteiger partial charge in [0.15, 0.2) is 0 Å². The summed E-state index contributed by atoms with van der Waals surface area (Å²) in [5.74, 6) is 1.36. The van der Waals surface area contributed by atoms with E-state index < -0.39 is 8.07 Å². The molecule has 2 aromatic carbocycles. The third-order valence-corrected chi connectivity index (χ3v) is 14.5. The summed E-state index contributed by atoms with van der Waals surface area (Å²) in [6, 6.07) is 18.0. The first-order chi connectivity index (χ1) is 13.6. The number of allylic oxidation sites excluding steroid dienone is 2. The quantitative estimate of drug-likeness (QED) is 0.497.